The first-order valence-corrected chi connectivity index (χ1v) is 5.27. The number of benzene rings is 1. The molecule has 0 amide bonds. The third-order valence-corrected chi connectivity index (χ3v) is 2.50. The molecule has 0 saturated heterocycles. The quantitative estimate of drug-likeness (QED) is 0.836. The maximum atomic E-state index is 6.11. The Kier molecular flexibility index (Phi) is 2.97. The molecule has 4 heteroatoms. The van der Waals surface area contributed by atoms with Crippen LogP contribution in [0.4, 0.5) is 17.2 Å². The van der Waals surface area contributed by atoms with E-state index in [2.05, 4.69) is 10.3 Å². The largest absolute Gasteiger partial charge is 0.384 e. The van der Waals surface area contributed by atoms with E-state index in [1.54, 1.807) is 12.3 Å². The molecule has 1 aromatic carbocycles. The van der Waals surface area contributed by atoms with Gasteiger partial charge in [-0.25, -0.2) is 4.98 Å². The molecule has 0 bridgehead atoms. The summed E-state index contributed by atoms with van der Waals surface area (Å²) in [5.41, 5.74) is 8.45. The van der Waals surface area contributed by atoms with Crippen molar-refractivity contribution < 1.29 is 0 Å². The average Bonchev–Trinajstić information content (AvgIpc) is 2.22. The highest BCUT2D eigenvalue weighted by atomic mass is 35.5. The van der Waals surface area contributed by atoms with Crippen LogP contribution in [0.2, 0.25) is 5.02 Å². The van der Waals surface area contributed by atoms with E-state index in [1.165, 1.54) is 0 Å². The summed E-state index contributed by atoms with van der Waals surface area (Å²) >= 11 is 6.11. The first kappa shape index (κ1) is 10.8. The van der Waals surface area contributed by atoms with Crippen molar-refractivity contribution in [3.63, 3.8) is 0 Å². The Morgan fingerprint density at radius 2 is 2.06 bits per heavy atom. The van der Waals surface area contributed by atoms with Crippen LogP contribution in [0.1, 0.15) is 5.56 Å². The van der Waals surface area contributed by atoms with E-state index in [4.69, 9.17) is 17.3 Å². The van der Waals surface area contributed by atoms with Crippen LogP contribution in [-0.4, -0.2) is 4.98 Å². The number of nitrogens with two attached hydrogens (primary N) is 1. The summed E-state index contributed by atoms with van der Waals surface area (Å²) < 4.78 is 0. The van der Waals surface area contributed by atoms with Gasteiger partial charge in [0.05, 0.1) is 10.7 Å². The number of nitrogen functional groups attached to an aromatic ring is 1. The van der Waals surface area contributed by atoms with Gasteiger partial charge >= 0.3 is 0 Å². The molecular formula is C12H12ClN3. The first-order valence-electron chi connectivity index (χ1n) is 4.90. The monoisotopic (exact) mass is 233 g/mol. The smallest absolute Gasteiger partial charge is 0.125 e. The van der Waals surface area contributed by atoms with E-state index in [0.717, 1.165) is 16.9 Å². The van der Waals surface area contributed by atoms with Crippen molar-refractivity contribution in [2.75, 3.05) is 11.1 Å². The number of halogens is 1. The van der Waals surface area contributed by atoms with Crippen molar-refractivity contribution in [3.05, 3.63) is 47.1 Å². The third-order valence-electron chi connectivity index (χ3n) is 2.18. The van der Waals surface area contributed by atoms with Crippen LogP contribution in [-0.2, 0) is 0 Å². The van der Waals surface area contributed by atoms with Crippen LogP contribution in [0.15, 0.2) is 36.5 Å². The highest BCUT2D eigenvalue weighted by Gasteiger charge is 2.01. The Hall–Kier alpha value is -1.74. The SMILES string of the molecule is Cc1ccc(Nc2ccnc(N)c2)c(Cl)c1. The molecule has 82 valence electrons. The van der Waals surface area contributed by atoms with E-state index in [0.29, 0.717) is 10.8 Å². The van der Waals surface area contributed by atoms with Gasteiger partial charge in [-0.3, -0.25) is 0 Å². The summed E-state index contributed by atoms with van der Waals surface area (Å²) in [5.74, 6) is 0.480. The van der Waals surface area contributed by atoms with Crippen LogP contribution >= 0.6 is 11.6 Å². The van der Waals surface area contributed by atoms with Gasteiger partial charge in [0.15, 0.2) is 0 Å². The number of anilines is 3. The Bertz CT molecular complexity index is 511. The molecule has 0 unspecified atom stereocenters. The lowest BCUT2D eigenvalue weighted by Crippen LogP contribution is -1.94. The van der Waals surface area contributed by atoms with Crippen molar-refractivity contribution in [2.24, 2.45) is 0 Å². The molecule has 1 aromatic heterocycles. The molecule has 0 radical (unpaired) electrons. The van der Waals surface area contributed by atoms with E-state index in [9.17, 15) is 0 Å². The zero-order chi connectivity index (χ0) is 11.5. The third kappa shape index (κ3) is 2.44. The van der Waals surface area contributed by atoms with Gasteiger partial charge in [0.25, 0.3) is 0 Å². The highest BCUT2D eigenvalue weighted by Crippen LogP contribution is 2.26. The molecule has 1 heterocycles. The normalized spacial score (nSPS) is 10.1. The zero-order valence-corrected chi connectivity index (χ0v) is 9.62. The molecule has 2 rings (SSSR count). The standard InChI is InChI=1S/C12H12ClN3/c1-8-2-3-11(10(13)6-8)16-9-4-5-15-12(14)7-9/h2-7H,1H3,(H3,14,15,16). The molecule has 0 aliphatic carbocycles. The van der Waals surface area contributed by atoms with Crippen molar-refractivity contribution in [1.29, 1.82) is 0 Å². The number of nitrogens with zero attached hydrogens (tertiary/aromatic N) is 1. The number of aromatic nitrogens is 1. The van der Waals surface area contributed by atoms with Crippen molar-refractivity contribution in [3.8, 4) is 0 Å². The van der Waals surface area contributed by atoms with Crippen molar-refractivity contribution in [1.82, 2.24) is 4.98 Å². The van der Waals surface area contributed by atoms with E-state index < -0.39 is 0 Å². The van der Waals surface area contributed by atoms with Gasteiger partial charge in [-0.1, -0.05) is 17.7 Å². The Balaban J connectivity index is 2.27. The molecule has 3 nitrogen and oxygen atoms in total. The van der Waals surface area contributed by atoms with Gasteiger partial charge < -0.3 is 11.1 Å². The minimum atomic E-state index is 0.480. The molecule has 16 heavy (non-hydrogen) atoms. The molecule has 0 spiro atoms. The second-order valence-corrected chi connectivity index (χ2v) is 3.98. The number of nitrogens with one attached hydrogen (secondary N) is 1. The predicted octanol–water partition coefficient (Wildman–Crippen LogP) is 3.37. The van der Waals surface area contributed by atoms with E-state index in [1.807, 2.05) is 31.2 Å². The van der Waals surface area contributed by atoms with E-state index in [-0.39, 0.29) is 0 Å². The number of pyridine rings is 1. The lowest BCUT2D eigenvalue weighted by molar-refractivity contribution is 1.33. The summed E-state index contributed by atoms with van der Waals surface area (Å²) in [5, 5.41) is 3.88. The average molecular weight is 234 g/mol. The predicted molar refractivity (Wildman–Crippen MR) is 68.1 cm³/mol. The topological polar surface area (TPSA) is 50.9 Å². The second kappa shape index (κ2) is 4.41. The molecule has 0 aliphatic heterocycles. The Morgan fingerprint density at radius 1 is 1.25 bits per heavy atom. The van der Waals surface area contributed by atoms with Crippen LogP contribution in [0.3, 0.4) is 0 Å². The van der Waals surface area contributed by atoms with Crippen LogP contribution in [0, 0.1) is 6.92 Å². The minimum absolute atomic E-state index is 0.480. The highest BCUT2D eigenvalue weighted by molar-refractivity contribution is 6.33. The fourth-order valence-corrected chi connectivity index (χ4v) is 1.69. The molecule has 3 N–H and O–H groups in total. The molecule has 0 atom stereocenters. The molecule has 0 saturated carbocycles. The van der Waals surface area contributed by atoms with Crippen molar-refractivity contribution >= 4 is 28.8 Å². The molecule has 2 aromatic rings. The number of rotatable bonds is 2. The maximum absolute atomic E-state index is 6.11. The van der Waals surface area contributed by atoms with Crippen LogP contribution < -0.4 is 11.1 Å². The fraction of sp³-hybridized carbons (Fsp3) is 0.0833. The lowest BCUT2D eigenvalue weighted by atomic mass is 10.2. The number of hydrogen-bond donors (Lipinski definition) is 2. The molecule has 0 fully saturated rings. The second-order valence-electron chi connectivity index (χ2n) is 3.58. The zero-order valence-electron chi connectivity index (χ0n) is 8.87. The summed E-state index contributed by atoms with van der Waals surface area (Å²) in [6.07, 6.45) is 1.65. The van der Waals surface area contributed by atoms with Crippen molar-refractivity contribution in [2.45, 2.75) is 6.92 Å². The summed E-state index contributed by atoms with van der Waals surface area (Å²) in [6.45, 7) is 2.00. The number of hydrogen-bond acceptors (Lipinski definition) is 3. The lowest BCUT2D eigenvalue weighted by Gasteiger charge is -2.09. The van der Waals surface area contributed by atoms with Gasteiger partial charge in [-0.15, -0.1) is 0 Å². The summed E-state index contributed by atoms with van der Waals surface area (Å²) in [6, 6.07) is 9.45. The van der Waals surface area contributed by atoms with Gasteiger partial charge in [0.1, 0.15) is 5.82 Å². The molecular weight excluding hydrogens is 222 g/mol. The Labute approximate surface area is 99.3 Å². The van der Waals surface area contributed by atoms with Gasteiger partial charge in [0.2, 0.25) is 0 Å². The van der Waals surface area contributed by atoms with Gasteiger partial charge in [-0.2, -0.15) is 0 Å². The van der Waals surface area contributed by atoms with E-state index >= 15 is 0 Å². The Morgan fingerprint density at radius 3 is 2.75 bits per heavy atom. The first-order chi connectivity index (χ1) is 7.65. The minimum Gasteiger partial charge on any atom is -0.384 e. The van der Waals surface area contributed by atoms with Gasteiger partial charge in [0, 0.05) is 18.0 Å². The fourth-order valence-electron chi connectivity index (χ4n) is 1.40. The van der Waals surface area contributed by atoms with Gasteiger partial charge in [-0.05, 0) is 30.7 Å². The maximum Gasteiger partial charge on any atom is 0.125 e. The summed E-state index contributed by atoms with van der Waals surface area (Å²) in [7, 11) is 0. The summed E-state index contributed by atoms with van der Waals surface area (Å²) in [4.78, 5) is 3.92. The number of aryl methyl sites for hydroxylation is 1. The molecule has 0 aliphatic rings. The van der Waals surface area contributed by atoms with Crippen LogP contribution in [0.5, 0.6) is 0 Å². The van der Waals surface area contributed by atoms with Crippen LogP contribution in [0.25, 0.3) is 0 Å².